The van der Waals surface area contributed by atoms with E-state index in [4.69, 9.17) is 0 Å². The first-order valence-corrected chi connectivity index (χ1v) is 9.25. The lowest BCUT2D eigenvalue weighted by atomic mass is 9.63. The smallest absolute Gasteiger partial charge is 0.158 e. The summed E-state index contributed by atoms with van der Waals surface area (Å²) in [5.41, 5.74) is 0.394. The van der Waals surface area contributed by atoms with Gasteiger partial charge in [-0.25, -0.2) is 4.39 Å². The van der Waals surface area contributed by atoms with Gasteiger partial charge in [-0.3, -0.25) is 9.59 Å². The number of para-hydroxylation sites is 1. The number of aliphatic hydroxyl groups is 1. The van der Waals surface area contributed by atoms with Crippen LogP contribution in [0.25, 0.3) is 0 Å². The summed E-state index contributed by atoms with van der Waals surface area (Å²) in [6, 6.07) is 15.4. The zero-order chi connectivity index (χ0) is 20.5. The molecule has 28 heavy (non-hydrogen) atoms. The average molecular weight is 381 g/mol. The zero-order valence-corrected chi connectivity index (χ0v) is 16.2. The number of Topliss-reactive ketones (excluding diaryl/α,β-unsaturated/α-hetero) is 2. The highest BCUT2D eigenvalue weighted by molar-refractivity contribution is 5.98. The Balaban J connectivity index is 2.24. The van der Waals surface area contributed by atoms with Gasteiger partial charge in [-0.2, -0.15) is 0 Å². The fraction of sp³-hybridized carbons (Fsp3) is 0.304. The van der Waals surface area contributed by atoms with Crippen LogP contribution in [0.3, 0.4) is 0 Å². The summed E-state index contributed by atoms with van der Waals surface area (Å²) in [4.78, 5) is 25.2. The summed E-state index contributed by atoms with van der Waals surface area (Å²) in [5, 5.41) is 14.4. The molecule has 3 rings (SSSR count). The van der Waals surface area contributed by atoms with Crippen molar-refractivity contribution in [1.29, 1.82) is 0 Å². The van der Waals surface area contributed by atoms with E-state index >= 15 is 0 Å². The van der Waals surface area contributed by atoms with Crippen molar-refractivity contribution < 1.29 is 19.1 Å². The zero-order valence-electron chi connectivity index (χ0n) is 16.2. The first kappa shape index (κ1) is 20.0. The largest absolute Gasteiger partial charge is 0.389 e. The van der Waals surface area contributed by atoms with Crippen LogP contribution in [0.2, 0.25) is 0 Å². The molecule has 0 amide bonds. The van der Waals surface area contributed by atoms with Crippen LogP contribution in [-0.4, -0.2) is 22.3 Å². The Labute approximate surface area is 164 Å². The third kappa shape index (κ3) is 3.76. The van der Waals surface area contributed by atoms with Crippen molar-refractivity contribution in [1.82, 2.24) is 0 Å². The van der Waals surface area contributed by atoms with Crippen molar-refractivity contribution in [2.45, 2.75) is 38.7 Å². The molecule has 0 unspecified atom stereocenters. The minimum Gasteiger partial charge on any atom is -0.389 e. The summed E-state index contributed by atoms with van der Waals surface area (Å²) < 4.78 is 14.7. The summed E-state index contributed by atoms with van der Waals surface area (Å²) in [6.07, 6.45) is 0.0893. The van der Waals surface area contributed by atoms with E-state index < -0.39 is 23.3 Å². The predicted molar refractivity (Wildman–Crippen MR) is 106 cm³/mol. The van der Waals surface area contributed by atoms with Crippen LogP contribution in [0.5, 0.6) is 0 Å². The van der Waals surface area contributed by atoms with Gasteiger partial charge in [-0.15, -0.1) is 0 Å². The van der Waals surface area contributed by atoms with Crippen molar-refractivity contribution in [2.24, 2.45) is 5.92 Å². The highest BCUT2D eigenvalue weighted by Gasteiger charge is 2.49. The lowest BCUT2D eigenvalue weighted by molar-refractivity contribution is -0.131. The molecular formula is C23H24FNO3. The van der Waals surface area contributed by atoms with E-state index in [0.717, 1.165) is 5.69 Å². The average Bonchev–Trinajstić information content (AvgIpc) is 2.61. The number of rotatable bonds is 5. The van der Waals surface area contributed by atoms with E-state index in [1.807, 2.05) is 30.3 Å². The van der Waals surface area contributed by atoms with Gasteiger partial charge in [0.15, 0.2) is 5.78 Å². The third-order valence-corrected chi connectivity index (χ3v) is 5.30. The van der Waals surface area contributed by atoms with E-state index in [1.165, 1.54) is 19.9 Å². The van der Waals surface area contributed by atoms with Crippen molar-refractivity contribution in [2.75, 3.05) is 5.32 Å². The van der Waals surface area contributed by atoms with Crippen molar-refractivity contribution in [3.05, 3.63) is 77.2 Å². The van der Waals surface area contributed by atoms with E-state index in [2.05, 4.69) is 5.32 Å². The molecule has 1 aliphatic rings. The second-order valence-electron chi connectivity index (χ2n) is 7.56. The first-order chi connectivity index (χ1) is 13.2. The Morgan fingerprint density at radius 2 is 1.68 bits per heavy atom. The van der Waals surface area contributed by atoms with Crippen LogP contribution in [0.1, 0.15) is 38.7 Å². The van der Waals surface area contributed by atoms with Gasteiger partial charge < -0.3 is 10.4 Å². The van der Waals surface area contributed by atoms with Crippen LogP contribution in [0.4, 0.5) is 10.1 Å². The van der Waals surface area contributed by atoms with Gasteiger partial charge in [-0.05, 0) is 44.5 Å². The normalized spacial score (nSPS) is 24.8. The molecule has 3 atom stereocenters. The van der Waals surface area contributed by atoms with Crippen LogP contribution in [0, 0.1) is 11.7 Å². The van der Waals surface area contributed by atoms with Gasteiger partial charge in [0, 0.05) is 29.3 Å². The molecule has 2 aromatic carbocycles. The van der Waals surface area contributed by atoms with Gasteiger partial charge in [0.2, 0.25) is 0 Å². The van der Waals surface area contributed by atoms with Crippen LogP contribution in [0.15, 0.2) is 65.9 Å². The van der Waals surface area contributed by atoms with Crippen LogP contribution >= 0.6 is 0 Å². The molecule has 0 bridgehead atoms. The molecule has 2 aromatic rings. The highest BCUT2D eigenvalue weighted by atomic mass is 19.1. The van der Waals surface area contributed by atoms with E-state index in [1.54, 1.807) is 25.1 Å². The van der Waals surface area contributed by atoms with Crippen LogP contribution < -0.4 is 5.32 Å². The van der Waals surface area contributed by atoms with E-state index in [9.17, 15) is 19.1 Å². The Morgan fingerprint density at radius 3 is 2.25 bits per heavy atom. The maximum absolute atomic E-state index is 14.7. The van der Waals surface area contributed by atoms with Crippen molar-refractivity contribution in [3.63, 3.8) is 0 Å². The SMILES string of the molecule is CC(=O)C1=C(Nc2ccccc2)C[C@](C)(O)[C@H](C(C)=O)[C@H]1c1ccccc1F. The number of ketones is 2. The Hall–Kier alpha value is -2.79. The van der Waals surface area contributed by atoms with Crippen LogP contribution in [-0.2, 0) is 9.59 Å². The molecule has 0 spiro atoms. The number of carbonyl (C=O) groups is 2. The van der Waals surface area contributed by atoms with Gasteiger partial charge >= 0.3 is 0 Å². The molecule has 0 aliphatic heterocycles. The molecule has 1 aliphatic carbocycles. The summed E-state index contributed by atoms with van der Waals surface area (Å²) in [7, 11) is 0. The molecule has 4 nitrogen and oxygen atoms in total. The topological polar surface area (TPSA) is 66.4 Å². The second-order valence-corrected chi connectivity index (χ2v) is 7.56. The summed E-state index contributed by atoms with van der Waals surface area (Å²) in [6.45, 7) is 4.35. The quantitative estimate of drug-likeness (QED) is 0.814. The Kier molecular flexibility index (Phi) is 5.47. The monoisotopic (exact) mass is 381 g/mol. The molecule has 0 saturated heterocycles. The summed E-state index contributed by atoms with van der Waals surface area (Å²) in [5.74, 6) is -2.84. The molecule has 0 saturated carbocycles. The van der Waals surface area contributed by atoms with Gasteiger partial charge in [-0.1, -0.05) is 36.4 Å². The Bertz CT molecular complexity index is 934. The first-order valence-electron chi connectivity index (χ1n) is 9.25. The number of nitrogens with one attached hydrogen (secondary N) is 1. The number of halogens is 1. The van der Waals surface area contributed by atoms with Gasteiger partial charge in [0.1, 0.15) is 11.6 Å². The number of allylic oxidation sites excluding steroid dienone is 1. The predicted octanol–water partition coefficient (Wildman–Crippen LogP) is 4.22. The highest BCUT2D eigenvalue weighted by Crippen LogP contribution is 2.48. The fourth-order valence-electron chi connectivity index (χ4n) is 4.25. The van der Waals surface area contributed by atoms with Crippen molar-refractivity contribution >= 4 is 17.3 Å². The molecule has 0 heterocycles. The van der Waals surface area contributed by atoms with Gasteiger partial charge in [0.05, 0.1) is 11.5 Å². The summed E-state index contributed by atoms with van der Waals surface area (Å²) >= 11 is 0. The van der Waals surface area contributed by atoms with E-state index in [0.29, 0.717) is 11.3 Å². The molecule has 0 aromatic heterocycles. The fourth-order valence-corrected chi connectivity index (χ4v) is 4.25. The van der Waals surface area contributed by atoms with Gasteiger partial charge in [0.25, 0.3) is 0 Å². The lowest BCUT2D eigenvalue weighted by Gasteiger charge is -2.43. The molecule has 0 radical (unpaired) electrons. The molecular weight excluding hydrogens is 357 g/mol. The maximum atomic E-state index is 14.7. The number of hydrogen-bond donors (Lipinski definition) is 2. The molecule has 5 heteroatoms. The Morgan fingerprint density at radius 1 is 1.07 bits per heavy atom. The third-order valence-electron chi connectivity index (χ3n) is 5.30. The van der Waals surface area contributed by atoms with E-state index in [-0.39, 0.29) is 23.6 Å². The lowest BCUT2D eigenvalue weighted by Crippen LogP contribution is -2.48. The minimum atomic E-state index is -1.44. The standard InChI is InChI=1S/C23H24FNO3/c1-14(26)20-19(25-16-9-5-4-6-10-16)13-23(3,28)22(15(2)27)21(20)17-11-7-8-12-18(17)24/h4-12,21-22,25,28H,13H2,1-3H3/t21-,22+,23-/m0/s1. The molecule has 2 N–H and O–H groups in total. The van der Waals surface area contributed by atoms with Crippen molar-refractivity contribution in [3.8, 4) is 0 Å². The second kappa shape index (κ2) is 7.68. The number of benzene rings is 2. The minimum absolute atomic E-state index is 0.0893. The number of anilines is 1. The molecule has 146 valence electrons. The number of carbonyl (C=O) groups excluding carboxylic acids is 2. The number of hydrogen-bond acceptors (Lipinski definition) is 4. The molecule has 0 fully saturated rings. The maximum Gasteiger partial charge on any atom is 0.158 e.